The highest BCUT2D eigenvalue weighted by molar-refractivity contribution is 6.05. The van der Waals surface area contributed by atoms with E-state index in [4.69, 9.17) is 0 Å². The third kappa shape index (κ3) is 3.73. The van der Waals surface area contributed by atoms with Gasteiger partial charge in [-0.1, -0.05) is 60.7 Å². The average Bonchev–Trinajstić information content (AvgIpc) is 2.77. The number of nitriles is 1. The van der Waals surface area contributed by atoms with Crippen LogP contribution < -0.4 is 4.90 Å². The molecule has 0 atom stereocenters. The van der Waals surface area contributed by atoms with Crippen molar-refractivity contribution in [3.8, 4) is 6.07 Å². The minimum Gasteiger partial charge on any atom is -0.372 e. The van der Waals surface area contributed by atoms with Gasteiger partial charge in [-0.05, 0) is 60.0 Å². The van der Waals surface area contributed by atoms with E-state index >= 15 is 0 Å². The number of anilines is 1. The lowest BCUT2D eigenvalue weighted by molar-refractivity contribution is 0.866. The third-order valence-electron chi connectivity index (χ3n) is 5.49. The van der Waals surface area contributed by atoms with E-state index < -0.39 is 0 Å². The molecule has 0 aliphatic heterocycles. The molecule has 0 fully saturated rings. The molecular formula is C27H24N2. The Morgan fingerprint density at radius 1 is 0.759 bits per heavy atom. The van der Waals surface area contributed by atoms with Crippen LogP contribution >= 0.6 is 0 Å². The maximum absolute atomic E-state index is 9.68. The summed E-state index contributed by atoms with van der Waals surface area (Å²) in [5, 5.41) is 13.9. The van der Waals surface area contributed by atoms with Crippen LogP contribution in [0.3, 0.4) is 0 Å². The van der Waals surface area contributed by atoms with Crippen LogP contribution in [0.2, 0.25) is 0 Å². The zero-order chi connectivity index (χ0) is 20.2. The van der Waals surface area contributed by atoms with Gasteiger partial charge in [-0.15, -0.1) is 0 Å². The van der Waals surface area contributed by atoms with Gasteiger partial charge in [0, 0.05) is 29.5 Å². The lowest BCUT2D eigenvalue weighted by atomic mass is 9.96. The molecule has 0 amide bonds. The molecule has 2 nitrogen and oxygen atoms in total. The van der Waals surface area contributed by atoms with Gasteiger partial charge >= 0.3 is 0 Å². The number of hydrogen-bond donors (Lipinski definition) is 0. The van der Waals surface area contributed by atoms with Gasteiger partial charge in [-0.25, -0.2) is 0 Å². The predicted octanol–water partition coefficient (Wildman–Crippen LogP) is 6.88. The van der Waals surface area contributed by atoms with E-state index in [0.29, 0.717) is 0 Å². The summed E-state index contributed by atoms with van der Waals surface area (Å²) < 4.78 is 0. The second-order valence-electron chi connectivity index (χ2n) is 7.16. The molecule has 4 aromatic carbocycles. The molecular weight excluding hydrogens is 352 g/mol. The minimum absolute atomic E-state index is 0.751. The Balaban J connectivity index is 1.66. The Morgan fingerprint density at radius 3 is 2.14 bits per heavy atom. The first-order valence-electron chi connectivity index (χ1n) is 10.1. The summed E-state index contributed by atoms with van der Waals surface area (Å²) >= 11 is 0. The van der Waals surface area contributed by atoms with Crippen LogP contribution in [0.15, 0.2) is 72.8 Å². The Hall–Kier alpha value is -3.57. The summed E-state index contributed by atoms with van der Waals surface area (Å²) in [6.45, 7) is 6.39. The fourth-order valence-corrected chi connectivity index (χ4v) is 3.89. The van der Waals surface area contributed by atoms with Crippen LogP contribution in [-0.2, 0) is 0 Å². The third-order valence-corrected chi connectivity index (χ3v) is 5.49. The van der Waals surface area contributed by atoms with E-state index in [0.717, 1.165) is 45.8 Å². The van der Waals surface area contributed by atoms with Crippen molar-refractivity contribution >= 4 is 39.4 Å². The van der Waals surface area contributed by atoms with E-state index in [1.807, 2.05) is 18.2 Å². The molecule has 29 heavy (non-hydrogen) atoms. The first-order valence-corrected chi connectivity index (χ1v) is 10.1. The van der Waals surface area contributed by atoms with E-state index in [2.05, 4.69) is 91.6 Å². The first-order chi connectivity index (χ1) is 14.2. The highest BCUT2D eigenvalue weighted by Gasteiger charge is 2.07. The van der Waals surface area contributed by atoms with Gasteiger partial charge in [0.15, 0.2) is 0 Å². The van der Waals surface area contributed by atoms with Crippen LogP contribution in [0.1, 0.15) is 30.5 Å². The molecule has 0 unspecified atom stereocenters. The van der Waals surface area contributed by atoms with Crippen molar-refractivity contribution in [3.05, 3.63) is 89.5 Å². The van der Waals surface area contributed by atoms with Crippen molar-refractivity contribution in [1.29, 1.82) is 5.26 Å². The summed E-state index contributed by atoms with van der Waals surface area (Å²) in [6, 6.07) is 27.6. The van der Waals surface area contributed by atoms with Gasteiger partial charge < -0.3 is 4.90 Å². The molecule has 0 saturated heterocycles. The Morgan fingerprint density at radius 2 is 1.41 bits per heavy atom. The van der Waals surface area contributed by atoms with Gasteiger partial charge in [0.1, 0.15) is 6.07 Å². The van der Waals surface area contributed by atoms with E-state index in [1.165, 1.54) is 11.3 Å². The van der Waals surface area contributed by atoms with E-state index in [-0.39, 0.29) is 0 Å². The highest BCUT2D eigenvalue weighted by Crippen LogP contribution is 2.29. The molecule has 2 heteroatoms. The normalized spacial score (nSPS) is 11.2. The highest BCUT2D eigenvalue weighted by atomic mass is 15.1. The van der Waals surface area contributed by atoms with Crippen LogP contribution in [0.25, 0.3) is 33.7 Å². The summed E-state index contributed by atoms with van der Waals surface area (Å²) in [4.78, 5) is 2.34. The van der Waals surface area contributed by atoms with Gasteiger partial charge in [0.05, 0.1) is 5.56 Å². The lowest BCUT2D eigenvalue weighted by Crippen LogP contribution is -2.21. The zero-order valence-electron chi connectivity index (χ0n) is 16.9. The van der Waals surface area contributed by atoms with Crippen molar-refractivity contribution in [2.45, 2.75) is 13.8 Å². The van der Waals surface area contributed by atoms with Crippen molar-refractivity contribution < 1.29 is 0 Å². The number of benzene rings is 4. The number of nitrogens with zero attached hydrogens (tertiary/aromatic N) is 2. The summed E-state index contributed by atoms with van der Waals surface area (Å²) in [6.07, 6.45) is 4.27. The Bertz CT molecular complexity index is 1220. The number of fused-ring (bicyclic) bond motifs is 2. The fourth-order valence-electron chi connectivity index (χ4n) is 3.89. The van der Waals surface area contributed by atoms with Crippen molar-refractivity contribution in [2.75, 3.05) is 18.0 Å². The predicted molar refractivity (Wildman–Crippen MR) is 125 cm³/mol. The second kappa shape index (κ2) is 8.20. The van der Waals surface area contributed by atoms with Crippen molar-refractivity contribution in [3.63, 3.8) is 0 Å². The molecule has 0 aliphatic carbocycles. The molecule has 0 radical (unpaired) electrons. The Labute approximate surface area is 172 Å². The van der Waals surface area contributed by atoms with Gasteiger partial charge in [-0.2, -0.15) is 5.26 Å². The molecule has 0 aromatic heterocycles. The van der Waals surface area contributed by atoms with E-state index in [1.54, 1.807) is 0 Å². The first kappa shape index (κ1) is 18.8. The van der Waals surface area contributed by atoms with E-state index in [9.17, 15) is 5.26 Å². The fraction of sp³-hybridized carbons (Fsp3) is 0.148. The van der Waals surface area contributed by atoms with Crippen LogP contribution in [0.5, 0.6) is 0 Å². The van der Waals surface area contributed by atoms with Crippen LogP contribution in [0, 0.1) is 11.3 Å². The number of hydrogen-bond acceptors (Lipinski definition) is 2. The van der Waals surface area contributed by atoms with Gasteiger partial charge in [-0.3, -0.25) is 0 Å². The largest absolute Gasteiger partial charge is 0.372 e. The zero-order valence-corrected chi connectivity index (χ0v) is 16.9. The molecule has 142 valence electrons. The van der Waals surface area contributed by atoms with Crippen molar-refractivity contribution in [1.82, 2.24) is 0 Å². The van der Waals surface area contributed by atoms with Crippen molar-refractivity contribution in [2.24, 2.45) is 0 Å². The average molecular weight is 377 g/mol. The van der Waals surface area contributed by atoms with Gasteiger partial charge in [0.25, 0.3) is 0 Å². The molecule has 0 bridgehead atoms. The molecule has 0 N–H and O–H groups in total. The minimum atomic E-state index is 0.751. The lowest BCUT2D eigenvalue weighted by Gasteiger charge is -2.20. The standard InChI is InChI=1S/C27H24N2/c1-3-29(4-2)24-14-11-20(12-15-24)9-10-21-13-16-26-23(17-21)18-22-7-5-6-8-25(22)27(26)19-28/h5-18H,3-4H2,1-2H3/b10-9+. The Kier molecular flexibility index (Phi) is 5.31. The van der Waals surface area contributed by atoms with Gasteiger partial charge in [0.2, 0.25) is 0 Å². The molecule has 4 aromatic rings. The van der Waals surface area contributed by atoms with Crippen LogP contribution in [-0.4, -0.2) is 13.1 Å². The molecule has 0 heterocycles. The quantitative estimate of drug-likeness (QED) is 0.280. The monoisotopic (exact) mass is 376 g/mol. The second-order valence-corrected chi connectivity index (χ2v) is 7.16. The molecule has 0 spiro atoms. The summed E-state index contributed by atoms with van der Waals surface area (Å²) in [5.41, 5.74) is 4.32. The summed E-state index contributed by atoms with van der Waals surface area (Å²) in [5.74, 6) is 0. The SMILES string of the molecule is CCN(CC)c1ccc(/C=C/c2ccc3c(C#N)c4ccccc4cc3c2)cc1. The summed E-state index contributed by atoms with van der Waals surface area (Å²) in [7, 11) is 0. The maximum atomic E-state index is 9.68. The molecule has 4 rings (SSSR count). The molecule has 0 aliphatic rings. The number of rotatable bonds is 5. The topological polar surface area (TPSA) is 27.0 Å². The molecule has 0 saturated carbocycles. The van der Waals surface area contributed by atoms with Crippen LogP contribution in [0.4, 0.5) is 5.69 Å². The maximum Gasteiger partial charge on any atom is 0.100 e. The smallest absolute Gasteiger partial charge is 0.100 e.